The number of halogens is 1. The molecule has 1 aliphatic heterocycles. The van der Waals surface area contributed by atoms with Gasteiger partial charge in [0.1, 0.15) is 0 Å². The van der Waals surface area contributed by atoms with Gasteiger partial charge in [0.25, 0.3) is 0 Å². The molecule has 1 fully saturated rings. The number of aliphatic carboxylic acids is 1. The Hall–Kier alpha value is -1.48. The first kappa shape index (κ1) is 13.9. The number of piperidine rings is 1. The number of hydrogen-bond donors (Lipinski definition) is 1. The quantitative estimate of drug-likeness (QED) is 0.858. The zero-order valence-electron chi connectivity index (χ0n) is 11.0. The highest BCUT2D eigenvalue weighted by Gasteiger charge is 2.18. The van der Waals surface area contributed by atoms with Gasteiger partial charge in [0, 0.05) is 19.2 Å². The van der Waals surface area contributed by atoms with Crippen molar-refractivity contribution in [2.75, 3.05) is 18.0 Å². The lowest BCUT2D eigenvalue weighted by Crippen LogP contribution is -2.34. The maximum absolute atomic E-state index is 10.5. The number of rotatable bonds is 3. The van der Waals surface area contributed by atoms with E-state index in [-0.39, 0.29) is 0 Å². The highest BCUT2D eigenvalue weighted by atomic mass is 35.5. The summed E-state index contributed by atoms with van der Waals surface area (Å²) in [6.07, 6.45) is 5.14. The average Bonchev–Trinajstić information content (AvgIpc) is 2.36. The molecule has 0 radical (unpaired) electrons. The van der Waals surface area contributed by atoms with Gasteiger partial charge in [0.05, 0.1) is 10.7 Å². The molecule has 1 aliphatic rings. The van der Waals surface area contributed by atoms with Crippen LogP contribution in [0.15, 0.2) is 24.3 Å². The molecule has 3 nitrogen and oxygen atoms in total. The number of nitrogens with zero attached hydrogens (tertiary/aromatic N) is 1. The third-order valence-corrected chi connectivity index (χ3v) is 3.69. The molecule has 0 amide bonds. The Morgan fingerprint density at radius 2 is 2.32 bits per heavy atom. The van der Waals surface area contributed by atoms with E-state index in [9.17, 15) is 4.79 Å². The highest BCUT2D eigenvalue weighted by molar-refractivity contribution is 6.33. The summed E-state index contributed by atoms with van der Waals surface area (Å²) in [6, 6.07) is 5.69. The summed E-state index contributed by atoms with van der Waals surface area (Å²) in [5.74, 6) is -0.263. The van der Waals surface area contributed by atoms with Crippen molar-refractivity contribution in [3.8, 4) is 0 Å². The molecular weight excluding hydrogens is 262 g/mol. The normalized spacial score (nSPS) is 19.9. The standard InChI is InChI=1S/C15H18ClNO2/c1-11-3-2-8-17(10-11)14-6-4-12(9-13(14)16)5-7-15(18)19/h4-7,9,11H,2-3,8,10H2,1H3,(H,18,19)/b7-5+. The molecule has 102 valence electrons. The van der Waals surface area contributed by atoms with Crippen LogP contribution in [-0.2, 0) is 4.79 Å². The molecule has 1 N–H and O–H groups in total. The topological polar surface area (TPSA) is 40.5 Å². The van der Waals surface area contributed by atoms with Crippen molar-refractivity contribution in [1.82, 2.24) is 0 Å². The Kier molecular flexibility index (Phi) is 4.48. The number of anilines is 1. The average molecular weight is 280 g/mol. The van der Waals surface area contributed by atoms with E-state index in [0.29, 0.717) is 10.9 Å². The molecule has 2 rings (SSSR count). The van der Waals surface area contributed by atoms with Crippen LogP contribution in [0.5, 0.6) is 0 Å². The monoisotopic (exact) mass is 279 g/mol. The van der Waals surface area contributed by atoms with Crippen LogP contribution in [0.3, 0.4) is 0 Å². The molecular formula is C15H18ClNO2. The lowest BCUT2D eigenvalue weighted by atomic mass is 9.99. The molecule has 19 heavy (non-hydrogen) atoms. The van der Waals surface area contributed by atoms with Gasteiger partial charge in [-0.25, -0.2) is 4.79 Å². The molecule has 1 atom stereocenters. The Morgan fingerprint density at radius 1 is 1.53 bits per heavy atom. The number of hydrogen-bond acceptors (Lipinski definition) is 2. The molecule has 1 heterocycles. The van der Waals surface area contributed by atoms with Gasteiger partial charge in [-0.15, -0.1) is 0 Å². The van der Waals surface area contributed by atoms with Crippen LogP contribution in [0.25, 0.3) is 6.08 Å². The summed E-state index contributed by atoms with van der Waals surface area (Å²) in [5, 5.41) is 9.29. The van der Waals surface area contributed by atoms with Crippen LogP contribution in [0, 0.1) is 5.92 Å². The van der Waals surface area contributed by atoms with Crippen molar-refractivity contribution in [3.05, 3.63) is 34.9 Å². The Morgan fingerprint density at radius 3 is 2.95 bits per heavy atom. The minimum atomic E-state index is -0.954. The summed E-state index contributed by atoms with van der Waals surface area (Å²) in [4.78, 5) is 12.8. The molecule has 0 bridgehead atoms. The molecule has 0 spiro atoms. The molecule has 4 heteroatoms. The van der Waals surface area contributed by atoms with Crippen molar-refractivity contribution in [2.45, 2.75) is 19.8 Å². The first-order valence-electron chi connectivity index (χ1n) is 6.52. The number of carboxylic acid groups (broad SMARTS) is 1. The highest BCUT2D eigenvalue weighted by Crippen LogP contribution is 2.30. The van der Waals surface area contributed by atoms with Gasteiger partial charge in [-0.1, -0.05) is 24.6 Å². The fourth-order valence-electron chi connectivity index (χ4n) is 2.46. The van der Waals surface area contributed by atoms with E-state index in [1.54, 1.807) is 6.08 Å². The molecule has 0 aromatic heterocycles. The van der Waals surface area contributed by atoms with Crippen LogP contribution in [-0.4, -0.2) is 24.2 Å². The van der Waals surface area contributed by atoms with E-state index in [0.717, 1.165) is 30.4 Å². The summed E-state index contributed by atoms with van der Waals surface area (Å²) in [7, 11) is 0. The zero-order valence-corrected chi connectivity index (χ0v) is 11.7. The van der Waals surface area contributed by atoms with E-state index in [1.807, 2.05) is 18.2 Å². The Balaban J connectivity index is 2.17. The summed E-state index contributed by atoms with van der Waals surface area (Å²) in [5.41, 5.74) is 1.85. The minimum Gasteiger partial charge on any atom is -0.478 e. The van der Waals surface area contributed by atoms with Crippen LogP contribution < -0.4 is 4.90 Å². The van der Waals surface area contributed by atoms with Gasteiger partial charge < -0.3 is 10.0 Å². The van der Waals surface area contributed by atoms with Gasteiger partial charge in [-0.3, -0.25) is 0 Å². The smallest absolute Gasteiger partial charge is 0.328 e. The largest absolute Gasteiger partial charge is 0.478 e. The predicted molar refractivity (Wildman–Crippen MR) is 78.7 cm³/mol. The van der Waals surface area contributed by atoms with Gasteiger partial charge in [-0.05, 0) is 42.5 Å². The Bertz CT molecular complexity index is 499. The van der Waals surface area contributed by atoms with Crippen LogP contribution in [0.4, 0.5) is 5.69 Å². The second-order valence-corrected chi connectivity index (χ2v) is 5.48. The van der Waals surface area contributed by atoms with E-state index in [4.69, 9.17) is 16.7 Å². The van der Waals surface area contributed by atoms with E-state index < -0.39 is 5.97 Å². The van der Waals surface area contributed by atoms with E-state index >= 15 is 0 Å². The molecule has 1 aromatic carbocycles. The van der Waals surface area contributed by atoms with Crippen LogP contribution >= 0.6 is 11.6 Å². The summed E-state index contributed by atoms with van der Waals surface area (Å²) in [6.45, 7) is 4.32. The van der Waals surface area contributed by atoms with Gasteiger partial charge in [0.2, 0.25) is 0 Å². The third-order valence-electron chi connectivity index (χ3n) is 3.39. The fraction of sp³-hybridized carbons (Fsp3) is 0.400. The van der Waals surface area contributed by atoms with Crippen LogP contribution in [0.2, 0.25) is 5.02 Å². The third kappa shape index (κ3) is 3.74. The SMILES string of the molecule is CC1CCCN(c2ccc(/C=C/C(=O)O)cc2Cl)C1. The first-order chi connectivity index (χ1) is 9.06. The van der Waals surface area contributed by atoms with Gasteiger partial charge in [-0.2, -0.15) is 0 Å². The maximum Gasteiger partial charge on any atom is 0.328 e. The van der Waals surface area contributed by atoms with E-state index in [2.05, 4.69) is 11.8 Å². The lowest BCUT2D eigenvalue weighted by molar-refractivity contribution is -0.131. The van der Waals surface area contributed by atoms with E-state index in [1.165, 1.54) is 12.8 Å². The number of carboxylic acids is 1. The summed E-state index contributed by atoms with van der Waals surface area (Å²) < 4.78 is 0. The lowest BCUT2D eigenvalue weighted by Gasteiger charge is -2.33. The first-order valence-corrected chi connectivity index (χ1v) is 6.89. The van der Waals surface area contributed by atoms with Crippen molar-refractivity contribution >= 4 is 29.3 Å². The van der Waals surface area contributed by atoms with Crippen molar-refractivity contribution in [1.29, 1.82) is 0 Å². The van der Waals surface area contributed by atoms with Gasteiger partial charge in [0.15, 0.2) is 0 Å². The zero-order chi connectivity index (χ0) is 13.8. The molecule has 0 saturated carbocycles. The van der Waals surface area contributed by atoms with Gasteiger partial charge >= 0.3 is 5.97 Å². The van der Waals surface area contributed by atoms with Crippen molar-refractivity contribution in [2.24, 2.45) is 5.92 Å². The fourth-order valence-corrected chi connectivity index (χ4v) is 2.77. The number of carbonyl (C=O) groups is 1. The van der Waals surface area contributed by atoms with Crippen molar-refractivity contribution in [3.63, 3.8) is 0 Å². The molecule has 1 saturated heterocycles. The number of benzene rings is 1. The summed E-state index contributed by atoms with van der Waals surface area (Å²) >= 11 is 6.30. The second-order valence-electron chi connectivity index (χ2n) is 5.08. The molecule has 0 aliphatic carbocycles. The van der Waals surface area contributed by atoms with Crippen molar-refractivity contribution < 1.29 is 9.90 Å². The maximum atomic E-state index is 10.5. The minimum absolute atomic E-state index is 0.682. The molecule has 1 unspecified atom stereocenters. The second kappa shape index (κ2) is 6.11. The predicted octanol–water partition coefficient (Wildman–Crippen LogP) is 3.67. The molecule has 1 aromatic rings. The van der Waals surface area contributed by atoms with Crippen LogP contribution in [0.1, 0.15) is 25.3 Å². The Labute approximate surface area is 118 Å².